The molecule has 1 amide bonds. The van der Waals surface area contributed by atoms with Crippen molar-refractivity contribution in [3.63, 3.8) is 0 Å². The third-order valence-electron chi connectivity index (χ3n) is 5.13. The standard InChI is InChI=1S/C22H22Cl2N4O2/c23-17-3-1-16(2-4-17)14-27-9-11-28(12-10-27)22(29)15-30-21-6-5-18(24)13-19(21)20-7-8-25-26-20/h1-8,13H,9-12,14-15H2,(H,25,26). The SMILES string of the molecule is O=C(COc1ccc(Cl)cc1-c1ccn[nH]1)N1CCN(Cc2ccc(Cl)cc2)CC1. The minimum atomic E-state index is -0.0216. The Labute approximate surface area is 185 Å². The molecule has 1 N–H and O–H groups in total. The van der Waals surface area contributed by atoms with E-state index in [0.717, 1.165) is 35.9 Å². The monoisotopic (exact) mass is 444 g/mol. The van der Waals surface area contributed by atoms with Crippen molar-refractivity contribution in [1.82, 2.24) is 20.0 Å². The first-order chi connectivity index (χ1) is 14.6. The van der Waals surface area contributed by atoms with Gasteiger partial charge in [0.15, 0.2) is 6.61 Å². The molecular weight excluding hydrogens is 423 g/mol. The number of H-pyrrole nitrogens is 1. The number of piperazine rings is 1. The van der Waals surface area contributed by atoms with Crippen molar-refractivity contribution in [3.05, 3.63) is 70.3 Å². The number of carbonyl (C=O) groups excluding carboxylic acids is 1. The summed E-state index contributed by atoms with van der Waals surface area (Å²) in [4.78, 5) is 16.8. The van der Waals surface area contributed by atoms with Crippen molar-refractivity contribution >= 4 is 29.1 Å². The van der Waals surface area contributed by atoms with Gasteiger partial charge in [-0.05, 0) is 42.0 Å². The van der Waals surface area contributed by atoms with Crippen molar-refractivity contribution in [2.75, 3.05) is 32.8 Å². The highest BCUT2D eigenvalue weighted by Crippen LogP contribution is 2.31. The van der Waals surface area contributed by atoms with E-state index in [0.29, 0.717) is 23.9 Å². The lowest BCUT2D eigenvalue weighted by Gasteiger charge is -2.34. The lowest BCUT2D eigenvalue weighted by Crippen LogP contribution is -2.49. The molecule has 0 aliphatic carbocycles. The van der Waals surface area contributed by atoms with E-state index in [2.05, 4.69) is 15.1 Å². The van der Waals surface area contributed by atoms with Gasteiger partial charge in [-0.1, -0.05) is 35.3 Å². The van der Waals surface area contributed by atoms with Crippen molar-refractivity contribution in [2.45, 2.75) is 6.54 Å². The van der Waals surface area contributed by atoms with Gasteiger partial charge in [0, 0.05) is 54.5 Å². The summed E-state index contributed by atoms with van der Waals surface area (Å²) in [7, 11) is 0. The lowest BCUT2D eigenvalue weighted by atomic mass is 10.1. The van der Waals surface area contributed by atoms with Crippen LogP contribution in [0.4, 0.5) is 0 Å². The summed E-state index contributed by atoms with van der Waals surface area (Å²) in [5, 5.41) is 8.21. The number of nitrogens with zero attached hydrogens (tertiary/aromatic N) is 3. The van der Waals surface area contributed by atoms with Gasteiger partial charge in [-0.3, -0.25) is 14.8 Å². The molecule has 6 nitrogen and oxygen atoms in total. The van der Waals surface area contributed by atoms with Crippen LogP contribution in [0.2, 0.25) is 10.0 Å². The molecule has 2 heterocycles. The second kappa shape index (κ2) is 9.51. The second-order valence-corrected chi connectivity index (χ2v) is 8.06. The number of benzene rings is 2. The molecule has 8 heteroatoms. The van der Waals surface area contributed by atoms with E-state index in [1.54, 1.807) is 24.4 Å². The van der Waals surface area contributed by atoms with E-state index in [9.17, 15) is 4.79 Å². The minimum Gasteiger partial charge on any atom is -0.483 e. The van der Waals surface area contributed by atoms with Crippen LogP contribution in [0.3, 0.4) is 0 Å². The molecule has 156 valence electrons. The Bertz CT molecular complexity index is 985. The maximum Gasteiger partial charge on any atom is 0.260 e. The van der Waals surface area contributed by atoms with Crippen LogP contribution < -0.4 is 4.74 Å². The van der Waals surface area contributed by atoms with Crippen LogP contribution in [0.25, 0.3) is 11.3 Å². The molecule has 0 saturated carbocycles. The molecule has 3 aromatic rings. The summed E-state index contributed by atoms with van der Waals surface area (Å²) < 4.78 is 5.84. The van der Waals surface area contributed by atoms with E-state index in [1.807, 2.05) is 35.2 Å². The number of halogens is 2. The largest absolute Gasteiger partial charge is 0.483 e. The van der Waals surface area contributed by atoms with E-state index < -0.39 is 0 Å². The van der Waals surface area contributed by atoms with Crippen LogP contribution in [0.15, 0.2) is 54.7 Å². The number of nitrogens with one attached hydrogen (secondary N) is 1. The van der Waals surface area contributed by atoms with Crippen molar-refractivity contribution in [3.8, 4) is 17.0 Å². The molecule has 0 spiro atoms. The quantitative estimate of drug-likeness (QED) is 0.621. The fraction of sp³-hybridized carbons (Fsp3) is 0.273. The van der Waals surface area contributed by atoms with Gasteiger partial charge >= 0.3 is 0 Å². The van der Waals surface area contributed by atoms with Crippen molar-refractivity contribution < 1.29 is 9.53 Å². The number of hydrogen-bond acceptors (Lipinski definition) is 4. The molecule has 1 fully saturated rings. The van der Waals surface area contributed by atoms with Gasteiger partial charge in [0.2, 0.25) is 0 Å². The zero-order valence-corrected chi connectivity index (χ0v) is 17.9. The Balaban J connectivity index is 1.30. The number of ether oxygens (including phenoxy) is 1. The average Bonchev–Trinajstić information content (AvgIpc) is 3.29. The van der Waals surface area contributed by atoms with Gasteiger partial charge < -0.3 is 9.64 Å². The number of amides is 1. The van der Waals surface area contributed by atoms with Crippen molar-refractivity contribution in [1.29, 1.82) is 0 Å². The highest BCUT2D eigenvalue weighted by atomic mass is 35.5. The van der Waals surface area contributed by atoms with Crippen LogP contribution >= 0.6 is 23.2 Å². The molecule has 1 aromatic heterocycles. The third kappa shape index (κ3) is 5.14. The van der Waals surface area contributed by atoms with Crippen LogP contribution in [-0.2, 0) is 11.3 Å². The highest BCUT2D eigenvalue weighted by molar-refractivity contribution is 6.31. The van der Waals surface area contributed by atoms with Crippen LogP contribution in [0, 0.1) is 0 Å². The van der Waals surface area contributed by atoms with E-state index in [-0.39, 0.29) is 12.5 Å². The first-order valence-electron chi connectivity index (χ1n) is 9.75. The maximum atomic E-state index is 12.7. The van der Waals surface area contributed by atoms with Gasteiger partial charge in [0.25, 0.3) is 5.91 Å². The highest BCUT2D eigenvalue weighted by Gasteiger charge is 2.22. The van der Waals surface area contributed by atoms with Crippen LogP contribution in [0.5, 0.6) is 5.75 Å². The zero-order chi connectivity index (χ0) is 20.9. The second-order valence-electron chi connectivity index (χ2n) is 7.18. The maximum absolute atomic E-state index is 12.7. The fourth-order valence-corrected chi connectivity index (χ4v) is 3.78. The Morgan fingerprint density at radius 1 is 1.00 bits per heavy atom. The molecule has 2 aromatic carbocycles. The van der Waals surface area contributed by atoms with Gasteiger partial charge in [0.05, 0.1) is 5.69 Å². The first-order valence-corrected chi connectivity index (χ1v) is 10.5. The molecule has 0 bridgehead atoms. The number of carbonyl (C=O) groups is 1. The summed E-state index contributed by atoms with van der Waals surface area (Å²) in [5.74, 6) is 0.574. The third-order valence-corrected chi connectivity index (χ3v) is 5.62. The summed E-state index contributed by atoms with van der Waals surface area (Å²) in [6.07, 6.45) is 1.66. The summed E-state index contributed by atoms with van der Waals surface area (Å²) in [5.41, 5.74) is 2.79. The zero-order valence-electron chi connectivity index (χ0n) is 16.4. The summed E-state index contributed by atoms with van der Waals surface area (Å²) in [6.45, 7) is 3.87. The molecule has 4 rings (SSSR count). The van der Waals surface area contributed by atoms with Crippen LogP contribution in [-0.4, -0.2) is 58.7 Å². The number of rotatable bonds is 6. The van der Waals surface area contributed by atoms with Gasteiger partial charge in [-0.25, -0.2) is 0 Å². The van der Waals surface area contributed by atoms with Crippen LogP contribution in [0.1, 0.15) is 5.56 Å². The number of aromatic amines is 1. The summed E-state index contributed by atoms with van der Waals surface area (Å²) in [6, 6.07) is 15.0. The molecule has 1 aliphatic heterocycles. The molecule has 0 atom stereocenters. The lowest BCUT2D eigenvalue weighted by molar-refractivity contribution is -0.135. The Morgan fingerprint density at radius 2 is 1.73 bits per heavy atom. The Hall–Kier alpha value is -2.54. The number of aromatic nitrogens is 2. The smallest absolute Gasteiger partial charge is 0.260 e. The molecular formula is C22H22Cl2N4O2. The van der Waals surface area contributed by atoms with E-state index in [1.165, 1.54) is 5.56 Å². The predicted octanol–water partition coefficient (Wildman–Crippen LogP) is 4.11. The topological polar surface area (TPSA) is 61.5 Å². The van der Waals surface area contributed by atoms with E-state index in [4.69, 9.17) is 27.9 Å². The molecule has 30 heavy (non-hydrogen) atoms. The van der Waals surface area contributed by atoms with Gasteiger partial charge in [0.1, 0.15) is 5.75 Å². The Kier molecular flexibility index (Phi) is 6.57. The average molecular weight is 445 g/mol. The van der Waals surface area contributed by atoms with E-state index >= 15 is 0 Å². The molecule has 0 radical (unpaired) electrons. The predicted molar refractivity (Wildman–Crippen MR) is 118 cm³/mol. The molecule has 0 unspecified atom stereocenters. The first kappa shape index (κ1) is 20.7. The van der Waals surface area contributed by atoms with Gasteiger partial charge in [-0.2, -0.15) is 5.10 Å². The van der Waals surface area contributed by atoms with Crippen molar-refractivity contribution in [2.24, 2.45) is 0 Å². The molecule has 1 saturated heterocycles. The summed E-state index contributed by atoms with van der Waals surface area (Å²) >= 11 is 12.1. The normalized spacial score (nSPS) is 14.7. The fourth-order valence-electron chi connectivity index (χ4n) is 3.48. The Morgan fingerprint density at radius 3 is 2.43 bits per heavy atom. The number of hydrogen-bond donors (Lipinski definition) is 1. The molecule has 1 aliphatic rings. The van der Waals surface area contributed by atoms with Gasteiger partial charge in [-0.15, -0.1) is 0 Å². The minimum absolute atomic E-state index is 0.0139.